The summed E-state index contributed by atoms with van der Waals surface area (Å²) in [6.07, 6.45) is 0.729. The predicted molar refractivity (Wildman–Crippen MR) is 120 cm³/mol. The molecular weight excluding hydrogens is 469 g/mol. The van der Waals surface area contributed by atoms with Crippen molar-refractivity contribution in [2.45, 2.75) is 39.2 Å². The third-order valence-electron chi connectivity index (χ3n) is 4.74. The topological polar surface area (TPSA) is 75.8 Å². The number of hydrogen-bond donors (Lipinski definition) is 1. The first-order valence-corrected chi connectivity index (χ1v) is 9.53. The second kappa shape index (κ2) is 10.8. The normalized spacial score (nSPS) is 17.5. The third-order valence-corrected chi connectivity index (χ3v) is 4.74. The fourth-order valence-electron chi connectivity index (χ4n) is 3.20. The van der Waals surface area contributed by atoms with Crippen LogP contribution in [0.1, 0.15) is 48.7 Å². The lowest BCUT2D eigenvalue weighted by molar-refractivity contribution is -0.00830. The summed E-state index contributed by atoms with van der Waals surface area (Å²) in [5, 5.41) is 7.41. The van der Waals surface area contributed by atoms with E-state index in [-0.39, 0.29) is 36.0 Å². The van der Waals surface area contributed by atoms with Crippen LogP contribution in [0.2, 0.25) is 0 Å². The summed E-state index contributed by atoms with van der Waals surface area (Å²) >= 11 is 0. The number of benzene rings is 1. The van der Waals surface area contributed by atoms with E-state index in [9.17, 15) is 0 Å². The Labute approximate surface area is 184 Å². The lowest BCUT2D eigenvalue weighted by Crippen LogP contribution is -2.48. The molecule has 1 atom stereocenters. The Morgan fingerprint density at radius 2 is 2.14 bits per heavy atom. The van der Waals surface area contributed by atoms with Gasteiger partial charge in [-0.1, -0.05) is 43.3 Å². The highest BCUT2D eigenvalue weighted by Crippen LogP contribution is 2.24. The largest absolute Gasteiger partial charge is 0.370 e. The number of guanidine groups is 1. The summed E-state index contributed by atoms with van der Waals surface area (Å²) in [5.41, 5.74) is 2.49. The van der Waals surface area contributed by atoms with E-state index in [0.29, 0.717) is 25.5 Å². The lowest BCUT2D eigenvalue weighted by Gasteiger charge is -2.35. The maximum atomic E-state index is 6.01. The van der Waals surface area contributed by atoms with Crippen molar-refractivity contribution in [3.63, 3.8) is 0 Å². The molecule has 0 bridgehead atoms. The molecule has 3 rings (SSSR count). The van der Waals surface area contributed by atoms with Gasteiger partial charge in [0.15, 0.2) is 11.8 Å². The summed E-state index contributed by atoms with van der Waals surface area (Å²) < 4.78 is 11.3. The minimum atomic E-state index is 0. The minimum Gasteiger partial charge on any atom is -0.370 e. The zero-order valence-electron chi connectivity index (χ0n) is 17.0. The van der Waals surface area contributed by atoms with Crippen molar-refractivity contribution in [1.29, 1.82) is 0 Å². The van der Waals surface area contributed by atoms with Gasteiger partial charge in [0.25, 0.3) is 0 Å². The van der Waals surface area contributed by atoms with E-state index < -0.39 is 0 Å². The molecule has 1 unspecified atom stereocenters. The van der Waals surface area contributed by atoms with E-state index in [1.54, 1.807) is 0 Å². The standard InChI is InChI=1S/C20H29N5O2.HI/c1-14(2)19-23-18(27-24-19)9-10-22-20(21-4)25-11-12-26-17(13-25)16-8-6-5-7-15(16)3;/h5-8,14,17H,9-13H2,1-4H3,(H,21,22);1H. The fourth-order valence-corrected chi connectivity index (χ4v) is 3.20. The van der Waals surface area contributed by atoms with Crippen LogP contribution in [0.4, 0.5) is 0 Å². The Bertz CT molecular complexity index is 777. The maximum Gasteiger partial charge on any atom is 0.228 e. The first-order chi connectivity index (χ1) is 13.1. The number of aromatic nitrogens is 2. The number of nitrogens with zero attached hydrogens (tertiary/aromatic N) is 4. The van der Waals surface area contributed by atoms with E-state index in [1.807, 2.05) is 7.05 Å². The number of hydrogen-bond acceptors (Lipinski definition) is 5. The molecule has 0 radical (unpaired) electrons. The molecule has 1 N–H and O–H groups in total. The van der Waals surface area contributed by atoms with Crippen molar-refractivity contribution in [3.8, 4) is 0 Å². The van der Waals surface area contributed by atoms with Crippen LogP contribution in [0.3, 0.4) is 0 Å². The Hall–Kier alpha value is -1.68. The number of nitrogens with one attached hydrogen (secondary N) is 1. The number of halogens is 1. The van der Waals surface area contributed by atoms with Crippen molar-refractivity contribution in [3.05, 3.63) is 47.1 Å². The van der Waals surface area contributed by atoms with Gasteiger partial charge in [0, 0.05) is 32.5 Å². The molecule has 1 aromatic carbocycles. The number of ether oxygens (including phenoxy) is 1. The second-order valence-corrected chi connectivity index (χ2v) is 7.09. The molecule has 154 valence electrons. The highest BCUT2D eigenvalue weighted by Gasteiger charge is 2.25. The highest BCUT2D eigenvalue weighted by atomic mass is 127. The molecule has 28 heavy (non-hydrogen) atoms. The number of rotatable bonds is 5. The fraction of sp³-hybridized carbons (Fsp3) is 0.550. The summed E-state index contributed by atoms with van der Waals surface area (Å²) in [6, 6.07) is 8.39. The molecule has 0 spiro atoms. The van der Waals surface area contributed by atoms with Crippen LogP contribution >= 0.6 is 24.0 Å². The van der Waals surface area contributed by atoms with Crippen molar-refractivity contribution in [2.24, 2.45) is 4.99 Å². The molecule has 0 aliphatic carbocycles. The van der Waals surface area contributed by atoms with E-state index in [1.165, 1.54) is 11.1 Å². The van der Waals surface area contributed by atoms with Crippen LogP contribution in [0.5, 0.6) is 0 Å². The number of aliphatic imine (C=N–C) groups is 1. The summed E-state index contributed by atoms with van der Waals surface area (Å²) in [7, 11) is 1.81. The molecule has 0 saturated carbocycles. The summed E-state index contributed by atoms with van der Waals surface area (Å²) in [6.45, 7) is 9.21. The van der Waals surface area contributed by atoms with Gasteiger partial charge in [-0.15, -0.1) is 24.0 Å². The van der Waals surface area contributed by atoms with Gasteiger partial charge in [-0.05, 0) is 18.1 Å². The van der Waals surface area contributed by atoms with Crippen LogP contribution in [0.15, 0.2) is 33.8 Å². The maximum absolute atomic E-state index is 6.01. The Balaban J connectivity index is 0.00000280. The molecule has 2 aromatic rings. The molecule has 7 nitrogen and oxygen atoms in total. The van der Waals surface area contributed by atoms with Gasteiger partial charge < -0.3 is 19.5 Å². The van der Waals surface area contributed by atoms with Crippen LogP contribution < -0.4 is 5.32 Å². The quantitative estimate of drug-likeness (QED) is 0.387. The molecule has 0 amide bonds. The van der Waals surface area contributed by atoms with Gasteiger partial charge in [0.05, 0.1) is 13.2 Å². The van der Waals surface area contributed by atoms with E-state index >= 15 is 0 Å². The molecule has 1 fully saturated rings. The monoisotopic (exact) mass is 499 g/mol. The van der Waals surface area contributed by atoms with Crippen LogP contribution in [-0.4, -0.2) is 54.3 Å². The van der Waals surface area contributed by atoms with E-state index in [0.717, 1.165) is 24.9 Å². The zero-order valence-corrected chi connectivity index (χ0v) is 19.3. The van der Waals surface area contributed by atoms with Crippen molar-refractivity contribution < 1.29 is 9.26 Å². The van der Waals surface area contributed by atoms with Gasteiger partial charge in [-0.3, -0.25) is 4.99 Å². The predicted octanol–water partition coefficient (Wildman–Crippen LogP) is 3.31. The van der Waals surface area contributed by atoms with Crippen LogP contribution in [-0.2, 0) is 11.2 Å². The van der Waals surface area contributed by atoms with E-state index in [2.05, 4.69) is 70.4 Å². The van der Waals surface area contributed by atoms with Crippen LogP contribution in [0, 0.1) is 6.92 Å². The zero-order chi connectivity index (χ0) is 19.2. The smallest absolute Gasteiger partial charge is 0.228 e. The third kappa shape index (κ3) is 5.66. The van der Waals surface area contributed by atoms with Gasteiger partial charge in [0.1, 0.15) is 6.10 Å². The Morgan fingerprint density at radius 3 is 2.82 bits per heavy atom. The van der Waals surface area contributed by atoms with E-state index in [4.69, 9.17) is 9.26 Å². The van der Waals surface area contributed by atoms with Crippen LogP contribution in [0.25, 0.3) is 0 Å². The first kappa shape index (κ1) is 22.6. The number of aryl methyl sites for hydroxylation is 1. The molecule has 1 aliphatic heterocycles. The van der Waals surface area contributed by atoms with Gasteiger partial charge in [0.2, 0.25) is 5.89 Å². The Morgan fingerprint density at radius 1 is 1.36 bits per heavy atom. The summed E-state index contributed by atoms with van der Waals surface area (Å²) in [5.74, 6) is 2.56. The van der Waals surface area contributed by atoms with Crippen molar-refractivity contribution in [2.75, 3.05) is 33.3 Å². The van der Waals surface area contributed by atoms with Gasteiger partial charge in [-0.25, -0.2) is 0 Å². The highest BCUT2D eigenvalue weighted by molar-refractivity contribution is 14.0. The second-order valence-electron chi connectivity index (χ2n) is 7.09. The molecule has 1 aliphatic rings. The molecule has 2 heterocycles. The average Bonchev–Trinajstić information content (AvgIpc) is 3.15. The van der Waals surface area contributed by atoms with Gasteiger partial charge >= 0.3 is 0 Å². The van der Waals surface area contributed by atoms with Crippen molar-refractivity contribution >= 4 is 29.9 Å². The first-order valence-electron chi connectivity index (χ1n) is 9.53. The molecule has 1 saturated heterocycles. The summed E-state index contributed by atoms with van der Waals surface area (Å²) in [4.78, 5) is 11.1. The molecular formula is C20H30IN5O2. The van der Waals surface area contributed by atoms with Crippen molar-refractivity contribution in [1.82, 2.24) is 20.4 Å². The average molecular weight is 499 g/mol. The minimum absolute atomic E-state index is 0. The lowest BCUT2D eigenvalue weighted by atomic mass is 10.0. The SMILES string of the molecule is CN=C(NCCc1nc(C(C)C)no1)N1CCOC(c2ccccc2C)C1.I. The number of morpholine rings is 1. The van der Waals surface area contributed by atoms with Gasteiger partial charge in [-0.2, -0.15) is 4.98 Å². The Kier molecular flexibility index (Phi) is 8.68. The molecule has 8 heteroatoms. The molecule has 1 aromatic heterocycles.